The normalized spacial score (nSPS) is 10.3. The van der Waals surface area contributed by atoms with E-state index in [1.54, 1.807) is 24.5 Å². The van der Waals surface area contributed by atoms with Crippen LogP contribution < -0.4 is 0 Å². The molecular formula is C12H9BrFN. The number of pyridine rings is 1. The van der Waals surface area contributed by atoms with Gasteiger partial charge in [0, 0.05) is 23.3 Å². The second kappa shape index (κ2) is 4.53. The molecule has 1 aromatic heterocycles. The number of halogens is 2. The molecule has 0 aliphatic heterocycles. The van der Waals surface area contributed by atoms with Gasteiger partial charge in [0.05, 0.1) is 0 Å². The molecule has 2 rings (SSSR count). The Balaban J connectivity index is 2.49. The van der Waals surface area contributed by atoms with E-state index >= 15 is 0 Å². The van der Waals surface area contributed by atoms with Gasteiger partial charge in [0.25, 0.3) is 0 Å². The highest BCUT2D eigenvalue weighted by atomic mass is 79.9. The molecule has 76 valence electrons. The fourth-order valence-corrected chi connectivity index (χ4v) is 1.92. The topological polar surface area (TPSA) is 12.9 Å². The van der Waals surface area contributed by atoms with Crippen molar-refractivity contribution >= 4 is 15.9 Å². The summed E-state index contributed by atoms with van der Waals surface area (Å²) < 4.78 is 12.8. The van der Waals surface area contributed by atoms with Crippen molar-refractivity contribution in [2.24, 2.45) is 0 Å². The first kappa shape index (κ1) is 10.3. The minimum Gasteiger partial charge on any atom is -0.264 e. The maximum atomic E-state index is 12.8. The SMILES string of the molecule is Fc1ccc(-c2cnccc2CBr)cc1. The summed E-state index contributed by atoms with van der Waals surface area (Å²) in [7, 11) is 0. The number of rotatable bonds is 2. The molecular weight excluding hydrogens is 257 g/mol. The molecule has 1 nitrogen and oxygen atoms in total. The number of aromatic nitrogens is 1. The van der Waals surface area contributed by atoms with Gasteiger partial charge in [-0.2, -0.15) is 0 Å². The molecule has 0 bridgehead atoms. The van der Waals surface area contributed by atoms with Gasteiger partial charge in [-0.25, -0.2) is 4.39 Å². The van der Waals surface area contributed by atoms with Crippen molar-refractivity contribution in [3.63, 3.8) is 0 Å². The lowest BCUT2D eigenvalue weighted by Gasteiger charge is -2.05. The zero-order valence-electron chi connectivity index (χ0n) is 7.95. The van der Waals surface area contributed by atoms with Crippen LogP contribution in [0.1, 0.15) is 5.56 Å². The Morgan fingerprint density at radius 1 is 1.13 bits per heavy atom. The Kier molecular flexibility index (Phi) is 3.11. The molecule has 0 aliphatic carbocycles. The van der Waals surface area contributed by atoms with E-state index in [-0.39, 0.29) is 5.82 Å². The molecule has 2 aromatic rings. The van der Waals surface area contributed by atoms with E-state index in [1.807, 2.05) is 6.07 Å². The summed E-state index contributed by atoms with van der Waals surface area (Å²) in [6, 6.07) is 8.39. The summed E-state index contributed by atoms with van der Waals surface area (Å²) in [4.78, 5) is 4.08. The molecule has 0 amide bonds. The Bertz CT molecular complexity index is 453. The van der Waals surface area contributed by atoms with Crippen LogP contribution in [0.4, 0.5) is 4.39 Å². The molecule has 0 saturated heterocycles. The number of hydrogen-bond acceptors (Lipinski definition) is 1. The van der Waals surface area contributed by atoms with Crippen LogP contribution in [0.5, 0.6) is 0 Å². The van der Waals surface area contributed by atoms with E-state index in [9.17, 15) is 4.39 Å². The molecule has 0 fully saturated rings. The average Bonchev–Trinajstić information content (AvgIpc) is 2.30. The van der Waals surface area contributed by atoms with Gasteiger partial charge in [0.1, 0.15) is 5.82 Å². The van der Waals surface area contributed by atoms with Crippen molar-refractivity contribution < 1.29 is 4.39 Å². The zero-order valence-corrected chi connectivity index (χ0v) is 9.54. The largest absolute Gasteiger partial charge is 0.264 e. The van der Waals surface area contributed by atoms with Crippen LogP contribution in [0.25, 0.3) is 11.1 Å². The van der Waals surface area contributed by atoms with Gasteiger partial charge in [-0.15, -0.1) is 0 Å². The smallest absolute Gasteiger partial charge is 0.123 e. The highest BCUT2D eigenvalue weighted by molar-refractivity contribution is 9.08. The second-order valence-electron chi connectivity index (χ2n) is 3.17. The third kappa shape index (κ3) is 2.23. The first-order valence-corrected chi connectivity index (χ1v) is 5.68. The Morgan fingerprint density at radius 2 is 1.87 bits per heavy atom. The summed E-state index contributed by atoms with van der Waals surface area (Å²) in [5, 5.41) is 0.766. The van der Waals surface area contributed by atoms with Crippen LogP contribution in [0.15, 0.2) is 42.7 Å². The molecule has 3 heteroatoms. The summed E-state index contributed by atoms with van der Waals surface area (Å²) >= 11 is 3.42. The maximum absolute atomic E-state index is 12.8. The number of nitrogens with zero attached hydrogens (tertiary/aromatic N) is 1. The quantitative estimate of drug-likeness (QED) is 0.754. The summed E-state index contributed by atoms with van der Waals surface area (Å²) in [6.07, 6.45) is 3.55. The molecule has 0 radical (unpaired) electrons. The Labute approximate surface area is 96.1 Å². The molecule has 1 aromatic carbocycles. The molecule has 15 heavy (non-hydrogen) atoms. The van der Waals surface area contributed by atoms with E-state index in [2.05, 4.69) is 20.9 Å². The summed E-state index contributed by atoms with van der Waals surface area (Å²) in [5.74, 6) is -0.219. The molecule has 0 atom stereocenters. The van der Waals surface area contributed by atoms with Crippen molar-refractivity contribution in [3.05, 3.63) is 54.1 Å². The van der Waals surface area contributed by atoms with Crippen molar-refractivity contribution in [3.8, 4) is 11.1 Å². The molecule has 0 saturated carbocycles. The Hall–Kier alpha value is -1.22. The lowest BCUT2D eigenvalue weighted by Crippen LogP contribution is -1.87. The van der Waals surface area contributed by atoms with Gasteiger partial charge < -0.3 is 0 Å². The standard InChI is InChI=1S/C12H9BrFN/c13-7-10-5-6-15-8-12(10)9-1-3-11(14)4-2-9/h1-6,8H,7H2. The van der Waals surface area contributed by atoms with Crippen LogP contribution in [0.3, 0.4) is 0 Å². The lowest BCUT2D eigenvalue weighted by atomic mass is 10.0. The van der Waals surface area contributed by atoms with Crippen molar-refractivity contribution in [2.75, 3.05) is 0 Å². The third-order valence-corrected chi connectivity index (χ3v) is 2.81. The van der Waals surface area contributed by atoms with Crippen LogP contribution in [0.2, 0.25) is 0 Å². The van der Waals surface area contributed by atoms with Gasteiger partial charge >= 0.3 is 0 Å². The number of alkyl halides is 1. The number of hydrogen-bond donors (Lipinski definition) is 0. The number of benzene rings is 1. The zero-order chi connectivity index (χ0) is 10.7. The summed E-state index contributed by atoms with van der Waals surface area (Å²) in [6.45, 7) is 0. The van der Waals surface area contributed by atoms with Gasteiger partial charge in [-0.3, -0.25) is 4.98 Å². The van der Waals surface area contributed by atoms with Gasteiger partial charge in [-0.05, 0) is 29.3 Å². The van der Waals surface area contributed by atoms with Gasteiger partial charge in [0.15, 0.2) is 0 Å². The van der Waals surface area contributed by atoms with Crippen LogP contribution in [-0.2, 0) is 5.33 Å². The van der Waals surface area contributed by atoms with E-state index in [0.29, 0.717) is 0 Å². The fourth-order valence-electron chi connectivity index (χ4n) is 1.43. The van der Waals surface area contributed by atoms with Crippen LogP contribution in [-0.4, -0.2) is 4.98 Å². The molecule has 0 unspecified atom stereocenters. The highest BCUT2D eigenvalue weighted by Gasteiger charge is 2.03. The lowest BCUT2D eigenvalue weighted by molar-refractivity contribution is 0.628. The average molecular weight is 266 g/mol. The van der Waals surface area contributed by atoms with E-state index in [1.165, 1.54) is 12.1 Å². The minimum absolute atomic E-state index is 0.219. The first-order chi connectivity index (χ1) is 7.31. The van der Waals surface area contributed by atoms with E-state index in [0.717, 1.165) is 22.0 Å². The molecule has 0 N–H and O–H groups in total. The maximum Gasteiger partial charge on any atom is 0.123 e. The summed E-state index contributed by atoms with van der Waals surface area (Å²) in [5.41, 5.74) is 3.17. The molecule has 0 aliphatic rings. The van der Waals surface area contributed by atoms with E-state index < -0.39 is 0 Å². The van der Waals surface area contributed by atoms with Crippen molar-refractivity contribution in [1.29, 1.82) is 0 Å². The van der Waals surface area contributed by atoms with Crippen molar-refractivity contribution in [1.82, 2.24) is 4.98 Å². The third-order valence-electron chi connectivity index (χ3n) is 2.21. The fraction of sp³-hybridized carbons (Fsp3) is 0.0833. The van der Waals surface area contributed by atoms with Gasteiger partial charge in [0.2, 0.25) is 0 Å². The van der Waals surface area contributed by atoms with E-state index in [4.69, 9.17) is 0 Å². The molecule has 0 spiro atoms. The van der Waals surface area contributed by atoms with Gasteiger partial charge in [-0.1, -0.05) is 28.1 Å². The first-order valence-electron chi connectivity index (χ1n) is 4.56. The molecule has 1 heterocycles. The second-order valence-corrected chi connectivity index (χ2v) is 3.73. The predicted octanol–water partition coefficient (Wildman–Crippen LogP) is 3.78. The van der Waals surface area contributed by atoms with Crippen LogP contribution in [0, 0.1) is 5.82 Å². The highest BCUT2D eigenvalue weighted by Crippen LogP contribution is 2.24. The predicted molar refractivity (Wildman–Crippen MR) is 62.3 cm³/mol. The Morgan fingerprint density at radius 3 is 2.53 bits per heavy atom. The monoisotopic (exact) mass is 265 g/mol. The van der Waals surface area contributed by atoms with Crippen LogP contribution >= 0.6 is 15.9 Å². The van der Waals surface area contributed by atoms with Crippen molar-refractivity contribution in [2.45, 2.75) is 5.33 Å². The minimum atomic E-state index is -0.219.